The monoisotopic (exact) mass is 168 g/mol. The standard InChI is InChI=1S/C8H12N2O2/c1-8(2)3-5(8)10-4-6(11)9-7(10)12/h5H,3-4H2,1-2H3,(H,9,11,12). The topological polar surface area (TPSA) is 49.4 Å². The molecule has 1 saturated carbocycles. The van der Waals surface area contributed by atoms with Crippen molar-refractivity contribution >= 4 is 11.9 Å². The number of rotatable bonds is 1. The second-order valence-corrected chi connectivity index (χ2v) is 4.19. The van der Waals surface area contributed by atoms with E-state index in [9.17, 15) is 9.59 Å². The van der Waals surface area contributed by atoms with E-state index in [2.05, 4.69) is 19.2 Å². The van der Waals surface area contributed by atoms with Crippen molar-refractivity contribution in [1.82, 2.24) is 10.2 Å². The first-order valence-electron chi connectivity index (χ1n) is 4.11. The molecule has 1 aliphatic heterocycles. The summed E-state index contributed by atoms with van der Waals surface area (Å²) in [6, 6.07) is 0.0412. The summed E-state index contributed by atoms with van der Waals surface area (Å²) >= 11 is 0. The van der Waals surface area contributed by atoms with Crippen molar-refractivity contribution in [2.45, 2.75) is 26.3 Å². The summed E-state index contributed by atoms with van der Waals surface area (Å²) in [5, 5.41) is 2.27. The van der Waals surface area contributed by atoms with Gasteiger partial charge in [0.2, 0.25) is 5.91 Å². The summed E-state index contributed by atoms with van der Waals surface area (Å²) in [7, 11) is 0. The molecule has 1 aliphatic carbocycles. The zero-order valence-electron chi connectivity index (χ0n) is 7.26. The largest absolute Gasteiger partial charge is 0.324 e. The lowest BCUT2D eigenvalue weighted by Crippen LogP contribution is -2.32. The highest BCUT2D eigenvalue weighted by Crippen LogP contribution is 2.48. The van der Waals surface area contributed by atoms with Crippen LogP contribution in [-0.2, 0) is 4.79 Å². The highest BCUT2D eigenvalue weighted by molar-refractivity contribution is 6.02. The summed E-state index contributed by atoms with van der Waals surface area (Å²) in [5.74, 6) is -0.178. The van der Waals surface area contributed by atoms with Crippen molar-refractivity contribution in [2.24, 2.45) is 5.41 Å². The average molecular weight is 168 g/mol. The quantitative estimate of drug-likeness (QED) is 0.574. The number of carbonyl (C=O) groups excluding carboxylic acids is 2. The van der Waals surface area contributed by atoms with E-state index < -0.39 is 0 Å². The number of hydrogen-bond acceptors (Lipinski definition) is 2. The summed E-state index contributed by atoms with van der Waals surface area (Å²) < 4.78 is 0. The van der Waals surface area contributed by atoms with Crippen molar-refractivity contribution in [2.75, 3.05) is 6.54 Å². The minimum atomic E-state index is -0.226. The molecule has 1 saturated heterocycles. The van der Waals surface area contributed by atoms with Gasteiger partial charge in [0.25, 0.3) is 0 Å². The number of nitrogens with zero attached hydrogens (tertiary/aromatic N) is 1. The predicted octanol–water partition coefficient (Wildman–Crippen LogP) is 0.337. The highest BCUT2D eigenvalue weighted by Gasteiger charge is 2.53. The Hall–Kier alpha value is -1.06. The Balaban J connectivity index is 2.07. The normalized spacial score (nSPS) is 32.2. The molecule has 1 N–H and O–H groups in total. The van der Waals surface area contributed by atoms with Gasteiger partial charge in [0.05, 0.1) is 0 Å². The first-order chi connectivity index (χ1) is 5.50. The van der Waals surface area contributed by atoms with Crippen molar-refractivity contribution < 1.29 is 9.59 Å². The molecule has 2 fully saturated rings. The number of nitrogens with one attached hydrogen (secondary N) is 1. The molecule has 1 unspecified atom stereocenters. The number of urea groups is 1. The fourth-order valence-corrected chi connectivity index (χ4v) is 1.68. The number of imide groups is 1. The van der Waals surface area contributed by atoms with Crippen molar-refractivity contribution in [3.8, 4) is 0 Å². The van der Waals surface area contributed by atoms with Gasteiger partial charge >= 0.3 is 6.03 Å². The summed E-state index contributed by atoms with van der Waals surface area (Å²) in [5.41, 5.74) is 0.210. The molecular formula is C8H12N2O2. The number of carbonyl (C=O) groups is 2. The Bertz CT molecular complexity index is 260. The maximum atomic E-state index is 11.1. The lowest BCUT2D eigenvalue weighted by atomic mass is 10.2. The fraction of sp³-hybridized carbons (Fsp3) is 0.750. The van der Waals surface area contributed by atoms with Crippen molar-refractivity contribution in [3.63, 3.8) is 0 Å². The summed E-state index contributed by atoms with van der Waals surface area (Å²) in [6.45, 7) is 4.45. The Morgan fingerprint density at radius 3 is 2.42 bits per heavy atom. The molecular weight excluding hydrogens is 156 g/mol. The molecule has 4 nitrogen and oxygen atoms in total. The molecule has 3 amide bonds. The van der Waals surface area contributed by atoms with Gasteiger partial charge in [0.15, 0.2) is 0 Å². The van der Waals surface area contributed by atoms with Crippen LogP contribution < -0.4 is 5.32 Å². The second kappa shape index (κ2) is 2.00. The van der Waals surface area contributed by atoms with Crippen LogP contribution in [0.3, 0.4) is 0 Å². The third kappa shape index (κ3) is 0.983. The Morgan fingerprint density at radius 2 is 2.08 bits per heavy atom. The second-order valence-electron chi connectivity index (χ2n) is 4.19. The minimum absolute atomic E-state index is 0.178. The van der Waals surface area contributed by atoms with Gasteiger partial charge in [-0.05, 0) is 11.8 Å². The van der Waals surface area contributed by atoms with E-state index in [4.69, 9.17) is 0 Å². The van der Waals surface area contributed by atoms with E-state index in [-0.39, 0.29) is 29.9 Å². The van der Waals surface area contributed by atoms with Gasteiger partial charge in [0.1, 0.15) is 6.54 Å². The first kappa shape index (κ1) is 7.58. The van der Waals surface area contributed by atoms with Crippen LogP contribution in [0.15, 0.2) is 0 Å². The van der Waals surface area contributed by atoms with Crippen LogP contribution in [0.5, 0.6) is 0 Å². The maximum Gasteiger partial charge on any atom is 0.324 e. The van der Waals surface area contributed by atoms with Gasteiger partial charge in [0, 0.05) is 6.04 Å². The molecule has 2 aliphatic rings. The maximum absolute atomic E-state index is 11.1. The van der Waals surface area contributed by atoms with Gasteiger partial charge in [-0.15, -0.1) is 0 Å². The molecule has 0 aromatic carbocycles. The Labute approximate surface area is 70.9 Å². The lowest BCUT2D eigenvalue weighted by molar-refractivity contribution is -0.118. The molecule has 66 valence electrons. The van der Waals surface area contributed by atoms with Crippen LogP contribution in [0.25, 0.3) is 0 Å². The Morgan fingerprint density at radius 1 is 1.50 bits per heavy atom. The third-order valence-corrected chi connectivity index (χ3v) is 2.66. The van der Waals surface area contributed by atoms with E-state index in [1.54, 1.807) is 4.90 Å². The lowest BCUT2D eigenvalue weighted by Gasteiger charge is -2.14. The highest BCUT2D eigenvalue weighted by atomic mass is 16.2. The molecule has 0 aromatic rings. The van der Waals surface area contributed by atoms with Crippen LogP contribution >= 0.6 is 0 Å². The molecule has 0 radical (unpaired) electrons. The summed E-state index contributed by atoms with van der Waals surface area (Å²) in [4.78, 5) is 23.6. The van der Waals surface area contributed by atoms with Crippen LogP contribution in [0, 0.1) is 5.41 Å². The molecule has 4 heteroatoms. The van der Waals surface area contributed by atoms with Gasteiger partial charge in [-0.2, -0.15) is 0 Å². The van der Waals surface area contributed by atoms with Gasteiger partial charge < -0.3 is 4.90 Å². The van der Waals surface area contributed by atoms with E-state index in [1.165, 1.54) is 0 Å². The van der Waals surface area contributed by atoms with Crippen LogP contribution in [0.2, 0.25) is 0 Å². The molecule has 0 spiro atoms. The first-order valence-corrected chi connectivity index (χ1v) is 4.11. The molecule has 1 heterocycles. The zero-order chi connectivity index (χ0) is 8.93. The number of amides is 3. The molecule has 1 atom stereocenters. The Kier molecular flexibility index (Phi) is 1.26. The fourth-order valence-electron chi connectivity index (χ4n) is 1.68. The van der Waals surface area contributed by atoms with Crippen LogP contribution in [0.1, 0.15) is 20.3 Å². The zero-order valence-corrected chi connectivity index (χ0v) is 7.26. The summed E-state index contributed by atoms with van der Waals surface area (Å²) in [6.07, 6.45) is 1.01. The van der Waals surface area contributed by atoms with E-state index >= 15 is 0 Å². The van der Waals surface area contributed by atoms with Crippen LogP contribution in [0.4, 0.5) is 4.79 Å². The SMILES string of the molecule is CC1(C)CC1N1CC(=O)NC1=O. The van der Waals surface area contributed by atoms with Crippen LogP contribution in [-0.4, -0.2) is 29.4 Å². The molecule has 12 heavy (non-hydrogen) atoms. The van der Waals surface area contributed by atoms with Gasteiger partial charge in [-0.25, -0.2) is 4.79 Å². The molecule has 0 bridgehead atoms. The average Bonchev–Trinajstić information content (AvgIpc) is 2.40. The van der Waals surface area contributed by atoms with Gasteiger partial charge in [-0.1, -0.05) is 13.8 Å². The van der Waals surface area contributed by atoms with Gasteiger partial charge in [-0.3, -0.25) is 10.1 Å². The molecule has 0 aromatic heterocycles. The molecule has 2 rings (SSSR count). The van der Waals surface area contributed by atoms with E-state index in [1.807, 2.05) is 0 Å². The minimum Gasteiger partial charge on any atom is -0.312 e. The van der Waals surface area contributed by atoms with E-state index in [0.29, 0.717) is 0 Å². The van der Waals surface area contributed by atoms with Crippen molar-refractivity contribution in [1.29, 1.82) is 0 Å². The van der Waals surface area contributed by atoms with Crippen molar-refractivity contribution in [3.05, 3.63) is 0 Å². The number of hydrogen-bond donors (Lipinski definition) is 1. The van der Waals surface area contributed by atoms with E-state index in [0.717, 1.165) is 6.42 Å². The third-order valence-electron chi connectivity index (χ3n) is 2.66. The predicted molar refractivity (Wildman–Crippen MR) is 42.4 cm³/mol. The smallest absolute Gasteiger partial charge is 0.312 e.